The molecule has 3 nitrogen and oxygen atoms in total. The van der Waals surface area contributed by atoms with E-state index in [2.05, 4.69) is 36.3 Å². The van der Waals surface area contributed by atoms with Gasteiger partial charge < -0.3 is 10.1 Å². The quantitative estimate of drug-likeness (QED) is 0.765. The lowest BCUT2D eigenvalue weighted by atomic mass is 10.1. The van der Waals surface area contributed by atoms with Gasteiger partial charge in [-0.1, -0.05) is 13.0 Å². The molecule has 1 N–H and O–H groups in total. The fraction of sp³-hybridized carbons (Fsp3) is 0.615. The average Bonchev–Trinajstić information content (AvgIpc) is 2.29. The summed E-state index contributed by atoms with van der Waals surface area (Å²) < 4.78 is 5.21. The Hall–Kier alpha value is -0.930. The lowest BCUT2D eigenvalue weighted by molar-refractivity contribution is 0.165. The van der Waals surface area contributed by atoms with Gasteiger partial charge in [-0.05, 0) is 31.5 Å². The van der Waals surface area contributed by atoms with Crippen LogP contribution in [0.1, 0.15) is 24.6 Å². The Balaban J connectivity index is 2.49. The molecule has 16 heavy (non-hydrogen) atoms. The molecule has 1 heterocycles. The predicted octanol–water partition coefficient (Wildman–Crippen LogP) is 1.95. The molecule has 0 spiro atoms. The molecule has 0 amide bonds. The molecule has 0 aliphatic rings. The van der Waals surface area contributed by atoms with E-state index in [1.54, 1.807) is 7.11 Å². The van der Waals surface area contributed by atoms with Crippen molar-refractivity contribution in [1.29, 1.82) is 0 Å². The van der Waals surface area contributed by atoms with E-state index < -0.39 is 0 Å². The Morgan fingerprint density at radius 1 is 1.44 bits per heavy atom. The molecule has 0 aromatic carbocycles. The van der Waals surface area contributed by atoms with Gasteiger partial charge in [0.15, 0.2) is 0 Å². The van der Waals surface area contributed by atoms with E-state index in [9.17, 15) is 0 Å². The first kappa shape index (κ1) is 13.1. The molecule has 1 unspecified atom stereocenters. The van der Waals surface area contributed by atoms with Crippen LogP contribution in [0.25, 0.3) is 0 Å². The molecule has 90 valence electrons. The molecular weight excluding hydrogens is 200 g/mol. The molecule has 0 saturated carbocycles. The summed E-state index contributed by atoms with van der Waals surface area (Å²) in [6.45, 7) is 5.98. The first-order chi connectivity index (χ1) is 7.76. The van der Waals surface area contributed by atoms with E-state index in [0.29, 0.717) is 6.04 Å². The summed E-state index contributed by atoms with van der Waals surface area (Å²) in [4.78, 5) is 4.41. The molecule has 0 bridgehead atoms. The van der Waals surface area contributed by atoms with Crippen LogP contribution in [-0.2, 0) is 11.2 Å². The van der Waals surface area contributed by atoms with Gasteiger partial charge in [0.05, 0.1) is 6.61 Å². The number of ether oxygens (including phenoxy) is 1. The van der Waals surface area contributed by atoms with Crippen LogP contribution in [0.2, 0.25) is 0 Å². The Bertz CT molecular complexity index is 284. The van der Waals surface area contributed by atoms with Gasteiger partial charge in [0.25, 0.3) is 0 Å². The highest BCUT2D eigenvalue weighted by molar-refractivity contribution is 5.13. The lowest BCUT2D eigenvalue weighted by Crippen LogP contribution is -2.35. The minimum atomic E-state index is 0.361. The Morgan fingerprint density at radius 3 is 2.81 bits per heavy atom. The molecule has 0 fully saturated rings. The Labute approximate surface area is 98.2 Å². The summed E-state index contributed by atoms with van der Waals surface area (Å²) in [5.41, 5.74) is 2.32. The standard InChI is InChI=1S/C13H22N2O/c1-4-7-14-13(10-16-3)8-12-6-5-11(2)9-15-12/h5-6,9,13-14H,4,7-8,10H2,1-3H3. The van der Waals surface area contributed by atoms with Crippen molar-refractivity contribution in [2.75, 3.05) is 20.3 Å². The zero-order chi connectivity index (χ0) is 11.8. The predicted molar refractivity (Wildman–Crippen MR) is 66.6 cm³/mol. The molecule has 1 rings (SSSR count). The van der Waals surface area contributed by atoms with Crippen LogP contribution in [0.5, 0.6) is 0 Å². The van der Waals surface area contributed by atoms with Gasteiger partial charge in [-0.2, -0.15) is 0 Å². The maximum atomic E-state index is 5.21. The second-order valence-corrected chi connectivity index (χ2v) is 4.14. The molecule has 0 aliphatic heterocycles. The van der Waals surface area contributed by atoms with Gasteiger partial charge >= 0.3 is 0 Å². The molecule has 1 atom stereocenters. The molecular formula is C13H22N2O. The van der Waals surface area contributed by atoms with Crippen LogP contribution >= 0.6 is 0 Å². The maximum Gasteiger partial charge on any atom is 0.0619 e. The third kappa shape index (κ3) is 4.73. The van der Waals surface area contributed by atoms with Crippen molar-refractivity contribution >= 4 is 0 Å². The third-order valence-electron chi connectivity index (χ3n) is 2.48. The molecule has 3 heteroatoms. The monoisotopic (exact) mass is 222 g/mol. The Morgan fingerprint density at radius 2 is 2.25 bits per heavy atom. The third-order valence-corrected chi connectivity index (χ3v) is 2.48. The first-order valence-electron chi connectivity index (χ1n) is 5.90. The number of rotatable bonds is 7. The summed E-state index contributed by atoms with van der Waals surface area (Å²) in [6, 6.07) is 4.55. The maximum absolute atomic E-state index is 5.21. The van der Waals surface area contributed by atoms with E-state index in [1.165, 1.54) is 5.56 Å². The first-order valence-corrected chi connectivity index (χ1v) is 5.90. The van der Waals surface area contributed by atoms with Crippen LogP contribution in [0, 0.1) is 6.92 Å². The van der Waals surface area contributed by atoms with Gasteiger partial charge in [-0.25, -0.2) is 0 Å². The van der Waals surface area contributed by atoms with Crippen LogP contribution < -0.4 is 5.32 Å². The van der Waals surface area contributed by atoms with E-state index in [-0.39, 0.29) is 0 Å². The topological polar surface area (TPSA) is 34.1 Å². The summed E-state index contributed by atoms with van der Waals surface area (Å²) in [7, 11) is 1.74. The van der Waals surface area contributed by atoms with E-state index >= 15 is 0 Å². The second kappa shape index (κ2) is 7.36. The molecule has 0 aliphatic carbocycles. The average molecular weight is 222 g/mol. The zero-order valence-electron chi connectivity index (χ0n) is 10.5. The van der Waals surface area contributed by atoms with Crippen LogP contribution in [0.4, 0.5) is 0 Å². The highest BCUT2D eigenvalue weighted by Gasteiger charge is 2.08. The number of methoxy groups -OCH3 is 1. The van der Waals surface area contributed by atoms with Gasteiger partial charge in [0.2, 0.25) is 0 Å². The van der Waals surface area contributed by atoms with Gasteiger partial charge in [-0.3, -0.25) is 4.98 Å². The molecule has 1 aromatic heterocycles. The second-order valence-electron chi connectivity index (χ2n) is 4.14. The molecule has 1 aromatic rings. The fourth-order valence-corrected chi connectivity index (χ4v) is 1.61. The number of hydrogen-bond donors (Lipinski definition) is 1. The number of nitrogens with one attached hydrogen (secondary N) is 1. The fourth-order valence-electron chi connectivity index (χ4n) is 1.61. The van der Waals surface area contributed by atoms with Crippen molar-refractivity contribution in [3.8, 4) is 0 Å². The number of pyridine rings is 1. The minimum Gasteiger partial charge on any atom is -0.383 e. The normalized spacial score (nSPS) is 12.7. The number of aromatic nitrogens is 1. The minimum absolute atomic E-state index is 0.361. The highest BCUT2D eigenvalue weighted by Crippen LogP contribution is 2.02. The highest BCUT2D eigenvalue weighted by atomic mass is 16.5. The van der Waals surface area contributed by atoms with Crippen molar-refractivity contribution in [1.82, 2.24) is 10.3 Å². The largest absolute Gasteiger partial charge is 0.383 e. The number of nitrogens with zero attached hydrogens (tertiary/aromatic N) is 1. The number of aryl methyl sites for hydroxylation is 1. The van der Waals surface area contributed by atoms with Crippen molar-refractivity contribution < 1.29 is 4.74 Å². The summed E-state index contributed by atoms with van der Waals surface area (Å²) in [6.07, 6.45) is 3.98. The van der Waals surface area contributed by atoms with Crippen molar-refractivity contribution in [3.63, 3.8) is 0 Å². The summed E-state index contributed by atoms with van der Waals surface area (Å²) >= 11 is 0. The van der Waals surface area contributed by atoms with Crippen molar-refractivity contribution in [2.24, 2.45) is 0 Å². The van der Waals surface area contributed by atoms with Gasteiger partial charge in [-0.15, -0.1) is 0 Å². The smallest absolute Gasteiger partial charge is 0.0619 e. The SMILES string of the molecule is CCCNC(COC)Cc1ccc(C)cn1. The summed E-state index contributed by atoms with van der Waals surface area (Å²) in [5.74, 6) is 0. The van der Waals surface area contributed by atoms with Crippen LogP contribution in [0.15, 0.2) is 18.3 Å². The van der Waals surface area contributed by atoms with Gasteiger partial charge in [0.1, 0.15) is 0 Å². The van der Waals surface area contributed by atoms with Crippen molar-refractivity contribution in [2.45, 2.75) is 32.7 Å². The van der Waals surface area contributed by atoms with Crippen molar-refractivity contribution in [3.05, 3.63) is 29.6 Å². The van der Waals surface area contributed by atoms with E-state index in [4.69, 9.17) is 4.74 Å². The lowest BCUT2D eigenvalue weighted by Gasteiger charge is -2.17. The number of hydrogen-bond acceptors (Lipinski definition) is 3. The zero-order valence-corrected chi connectivity index (χ0v) is 10.5. The van der Waals surface area contributed by atoms with Gasteiger partial charge in [0, 0.05) is 31.5 Å². The Kier molecular flexibility index (Phi) is 6.04. The van der Waals surface area contributed by atoms with E-state index in [0.717, 1.165) is 31.7 Å². The van der Waals surface area contributed by atoms with Crippen LogP contribution in [0.3, 0.4) is 0 Å². The van der Waals surface area contributed by atoms with E-state index in [1.807, 2.05) is 6.20 Å². The molecule has 0 saturated heterocycles. The van der Waals surface area contributed by atoms with Crippen LogP contribution in [-0.4, -0.2) is 31.3 Å². The molecule has 0 radical (unpaired) electrons. The summed E-state index contributed by atoms with van der Waals surface area (Å²) in [5, 5.41) is 3.47.